The lowest BCUT2D eigenvalue weighted by Crippen LogP contribution is -2.02. The Kier molecular flexibility index (Phi) is 4.68. The van der Waals surface area contributed by atoms with Crippen molar-refractivity contribution >= 4 is 21.9 Å². The standard InChI is InChI=1S/C14H13BrN2O3/c1-20-12-3-2-9(15)8-10(12)11-6-7-16-13(17-11)4-5-14(18)19/h2-3,6-8H,4-5H2,1H3,(H,18,19). The number of aryl methyl sites for hydroxylation is 1. The maximum atomic E-state index is 10.6. The minimum absolute atomic E-state index is 0.0130. The van der Waals surface area contributed by atoms with Crippen molar-refractivity contribution in [1.82, 2.24) is 9.97 Å². The lowest BCUT2D eigenvalue weighted by Gasteiger charge is -2.09. The lowest BCUT2D eigenvalue weighted by atomic mass is 10.1. The normalized spacial score (nSPS) is 10.3. The third-order valence-corrected chi connectivity index (χ3v) is 3.20. The highest BCUT2D eigenvalue weighted by Crippen LogP contribution is 2.31. The van der Waals surface area contributed by atoms with Crippen molar-refractivity contribution in [2.75, 3.05) is 7.11 Å². The Morgan fingerprint density at radius 2 is 2.20 bits per heavy atom. The highest BCUT2D eigenvalue weighted by molar-refractivity contribution is 9.10. The molecule has 6 heteroatoms. The van der Waals surface area contributed by atoms with Crippen LogP contribution in [0, 0.1) is 0 Å². The van der Waals surface area contributed by atoms with Gasteiger partial charge in [0.1, 0.15) is 11.6 Å². The van der Waals surface area contributed by atoms with Crippen LogP contribution in [0.1, 0.15) is 12.2 Å². The first-order chi connectivity index (χ1) is 9.60. The molecule has 0 atom stereocenters. The first-order valence-corrected chi connectivity index (χ1v) is 6.77. The minimum atomic E-state index is -0.862. The van der Waals surface area contributed by atoms with Gasteiger partial charge in [-0.2, -0.15) is 0 Å². The summed E-state index contributed by atoms with van der Waals surface area (Å²) in [7, 11) is 1.60. The summed E-state index contributed by atoms with van der Waals surface area (Å²) in [6.07, 6.45) is 1.94. The molecule has 0 radical (unpaired) electrons. The summed E-state index contributed by atoms with van der Waals surface area (Å²) in [5, 5.41) is 8.70. The topological polar surface area (TPSA) is 72.3 Å². The fraction of sp³-hybridized carbons (Fsp3) is 0.214. The molecule has 2 rings (SSSR count). The van der Waals surface area contributed by atoms with E-state index in [1.807, 2.05) is 18.2 Å². The van der Waals surface area contributed by atoms with Crippen LogP contribution in [0.5, 0.6) is 5.75 Å². The van der Waals surface area contributed by atoms with Crippen LogP contribution in [0.25, 0.3) is 11.3 Å². The van der Waals surface area contributed by atoms with Crippen molar-refractivity contribution in [2.24, 2.45) is 0 Å². The van der Waals surface area contributed by atoms with Gasteiger partial charge in [0.15, 0.2) is 0 Å². The van der Waals surface area contributed by atoms with Crippen LogP contribution in [-0.2, 0) is 11.2 Å². The molecule has 1 aromatic carbocycles. The number of halogens is 1. The van der Waals surface area contributed by atoms with Gasteiger partial charge in [0, 0.05) is 22.7 Å². The van der Waals surface area contributed by atoms with Gasteiger partial charge in [-0.15, -0.1) is 0 Å². The maximum absolute atomic E-state index is 10.6. The second-order valence-corrected chi connectivity index (χ2v) is 5.01. The Hall–Kier alpha value is -1.95. The Balaban J connectivity index is 2.35. The van der Waals surface area contributed by atoms with Crippen molar-refractivity contribution < 1.29 is 14.6 Å². The molecule has 104 valence electrons. The molecule has 0 unspecified atom stereocenters. The van der Waals surface area contributed by atoms with Gasteiger partial charge < -0.3 is 9.84 Å². The van der Waals surface area contributed by atoms with Gasteiger partial charge in [-0.05, 0) is 24.3 Å². The molecule has 0 saturated heterocycles. The predicted octanol–water partition coefficient (Wildman–Crippen LogP) is 2.93. The van der Waals surface area contributed by atoms with Crippen molar-refractivity contribution in [3.8, 4) is 17.0 Å². The van der Waals surface area contributed by atoms with Crippen LogP contribution in [0.15, 0.2) is 34.9 Å². The molecule has 0 bridgehead atoms. The molecule has 0 aliphatic heterocycles. The summed E-state index contributed by atoms with van der Waals surface area (Å²) in [5.41, 5.74) is 1.54. The Morgan fingerprint density at radius 3 is 2.90 bits per heavy atom. The summed E-state index contributed by atoms with van der Waals surface area (Å²) in [6, 6.07) is 7.41. The number of carbonyl (C=O) groups is 1. The number of methoxy groups -OCH3 is 1. The van der Waals surface area contributed by atoms with Gasteiger partial charge in [-0.25, -0.2) is 9.97 Å². The Morgan fingerprint density at radius 1 is 1.40 bits per heavy atom. The summed E-state index contributed by atoms with van der Waals surface area (Å²) >= 11 is 3.41. The van der Waals surface area contributed by atoms with E-state index in [0.717, 1.165) is 10.0 Å². The van der Waals surface area contributed by atoms with Crippen LogP contribution >= 0.6 is 15.9 Å². The molecular weight excluding hydrogens is 324 g/mol. The Labute approximate surface area is 124 Å². The smallest absolute Gasteiger partial charge is 0.303 e. The fourth-order valence-corrected chi connectivity index (χ4v) is 2.13. The third-order valence-electron chi connectivity index (χ3n) is 2.71. The molecule has 1 aromatic heterocycles. The predicted molar refractivity (Wildman–Crippen MR) is 77.7 cm³/mol. The van der Waals surface area contributed by atoms with Gasteiger partial charge in [0.25, 0.3) is 0 Å². The van der Waals surface area contributed by atoms with Crippen LogP contribution < -0.4 is 4.74 Å². The second kappa shape index (κ2) is 6.47. The zero-order chi connectivity index (χ0) is 14.5. The molecule has 0 amide bonds. The van der Waals surface area contributed by atoms with E-state index in [9.17, 15) is 4.79 Å². The fourth-order valence-electron chi connectivity index (χ4n) is 1.77. The van der Waals surface area contributed by atoms with Crippen LogP contribution in [0.2, 0.25) is 0 Å². The molecule has 0 spiro atoms. The summed E-state index contributed by atoms with van der Waals surface area (Å²) in [5.74, 6) is 0.349. The number of carboxylic acid groups (broad SMARTS) is 1. The van der Waals surface area contributed by atoms with Crippen LogP contribution in [-0.4, -0.2) is 28.2 Å². The van der Waals surface area contributed by atoms with E-state index < -0.39 is 5.97 Å². The average molecular weight is 337 g/mol. The lowest BCUT2D eigenvalue weighted by molar-refractivity contribution is -0.137. The summed E-state index contributed by atoms with van der Waals surface area (Å²) in [4.78, 5) is 19.1. The Bertz CT molecular complexity index is 632. The SMILES string of the molecule is COc1ccc(Br)cc1-c1ccnc(CCC(=O)O)n1. The summed E-state index contributed by atoms with van der Waals surface area (Å²) in [6.45, 7) is 0. The van der Waals surface area contributed by atoms with Gasteiger partial charge in [0.05, 0.1) is 19.2 Å². The number of nitrogens with zero attached hydrogens (tertiary/aromatic N) is 2. The van der Waals surface area contributed by atoms with Crippen molar-refractivity contribution in [3.63, 3.8) is 0 Å². The van der Waals surface area contributed by atoms with E-state index in [1.165, 1.54) is 0 Å². The van der Waals surface area contributed by atoms with Gasteiger partial charge in [0.2, 0.25) is 0 Å². The zero-order valence-corrected chi connectivity index (χ0v) is 12.4. The number of aliphatic carboxylic acids is 1. The summed E-state index contributed by atoms with van der Waals surface area (Å²) < 4.78 is 6.23. The first-order valence-electron chi connectivity index (χ1n) is 5.98. The number of ether oxygens (including phenoxy) is 1. The van der Waals surface area contributed by atoms with Crippen LogP contribution in [0.4, 0.5) is 0 Å². The number of rotatable bonds is 5. The quantitative estimate of drug-likeness (QED) is 0.908. The highest BCUT2D eigenvalue weighted by atomic mass is 79.9. The molecule has 0 aliphatic carbocycles. The molecule has 1 heterocycles. The largest absolute Gasteiger partial charge is 0.496 e. The molecule has 2 aromatic rings. The monoisotopic (exact) mass is 336 g/mol. The van der Waals surface area contributed by atoms with Gasteiger partial charge >= 0.3 is 5.97 Å². The number of benzene rings is 1. The molecular formula is C14H13BrN2O3. The molecule has 0 fully saturated rings. The number of hydrogen-bond acceptors (Lipinski definition) is 4. The van der Waals surface area contributed by atoms with Crippen molar-refractivity contribution in [2.45, 2.75) is 12.8 Å². The van der Waals surface area contributed by atoms with E-state index >= 15 is 0 Å². The molecule has 0 aliphatic rings. The molecule has 1 N–H and O–H groups in total. The first kappa shape index (κ1) is 14.5. The third kappa shape index (κ3) is 3.54. The highest BCUT2D eigenvalue weighted by Gasteiger charge is 2.10. The van der Waals surface area contributed by atoms with Gasteiger partial charge in [-0.3, -0.25) is 4.79 Å². The molecule has 5 nitrogen and oxygen atoms in total. The number of carboxylic acids is 1. The van der Waals surface area contributed by atoms with Crippen molar-refractivity contribution in [3.05, 3.63) is 40.8 Å². The van der Waals surface area contributed by atoms with Crippen LogP contribution in [0.3, 0.4) is 0 Å². The van der Waals surface area contributed by atoms with E-state index in [-0.39, 0.29) is 6.42 Å². The second-order valence-electron chi connectivity index (χ2n) is 4.10. The average Bonchev–Trinajstić information content (AvgIpc) is 2.45. The zero-order valence-electron chi connectivity index (χ0n) is 10.8. The van der Waals surface area contributed by atoms with E-state index in [4.69, 9.17) is 9.84 Å². The van der Waals surface area contributed by atoms with Crippen molar-refractivity contribution in [1.29, 1.82) is 0 Å². The van der Waals surface area contributed by atoms with E-state index in [2.05, 4.69) is 25.9 Å². The molecule has 0 saturated carbocycles. The maximum Gasteiger partial charge on any atom is 0.303 e. The van der Waals surface area contributed by atoms with E-state index in [1.54, 1.807) is 19.4 Å². The van der Waals surface area contributed by atoms with E-state index in [0.29, 0.717) is 23.7 Å². The number of aromatic nitrogens is 2. The minimum Gasteiger partial charge on any atom is -0.496 e. The molecule has 20 heavy (non-hydrogen) atoms. The number of hydrogen-bond donors (Lipinski definition) is 1. The van der Waals surface area contributed by atoms with Gasteiger partial charge in [-0.1, -0.05) is 15.9 Å².